The van der Waals surface area contributed by atoms with Gasteiger partial charge >= 0.3 is 0 Å². The van der Waals surface area contributed by atoms with Crippen LogP contribution in [0.4, 0.5) is 5.69 Å². The van der Waals surface area contributed by atoms with Gasteiger partial charge in [-0.2, -0.15) is 14.0 Å². The molecule has 1 heterocycles. The Morgan fingerprint density at radius 1 is 1.25 bits per heavy atom. The van der Waals surface area contributed by atoms with Crippen LogP contribution in [0.1, 0.15) is 39.7 Å². The van der Waals surface area contributed by atoms with E-state index in [9.17, 15) is 0 Å². The molecule has 0 fully saturated rings. The normalized spacial score (nSPS) is 20.2. The van der Waals surface area contributed by atoms with Crippen LogP contribution in [-0.4, -0.2) is 17.2 Å². The maximum atomic E-state index is 8.60. The van der Waals surface area contributed by atoms with Gasteiger partial charge < -0.3 is 4.90 Å². The van der Waals surface area contributed by atoms with Crippen LogP contribution in [-0.2, 0) is 5.41 Å². The summed E-state index contributed by atoms with van der Waals surface area (Å²) in [6, 6.07) is 9.45. The first-order valence-electron chi connectivity index (χ1n) is 6.58. The maximum Gasteiger partial charge on any atom is 0.0777 e. The summed E-state index contributed by atoms with van der Waals surface area (Å²) in [5.41, 5.74) is 3.23. The topological polar surface area (TPSA) is 92.7 Å². The van der Waals surface area contributed by atoms with E-state index in [-0.39, 0.29) is 5.41 Å². The fraction of sp³-hybridized carbons (Fsp3) is 0.571. The first-order chi connectivity index (χ1) is 9.09. The molecule has 0 radical (unpaired) electrons. The van der Waals surface area contributed by atoms with Crippen LogP contribution in [0, 0.1) is 10.2 Å². The Balaban J connectivity index is 0.000000347. The molecule has 1 aromatic carbocycles. The number of halogens is 1. The van der Waals surface area contributed by atoms with Gasteiger partial charge in [-0.1, -0.05) is 39.0 Å². The Morgan fingerprint density at radius 2 is 1.75 bits per heavy atom. The Kier molecular flexibility index (Phi) is 5.40. The van der Waals surface area contributed by atoms with Crippen molar-refractivity contribution in [3.63, 3.8) is 0 Å². The van der Waals surface area contributed by atoms with Gasteiger partial charge in [0.25, 0.3) is 0 Å². The summed E-state index contributed by atoms with van der Waals surface area (Å²) in [5.74, 6) is 0. The van der Waals surface area contributed by atoms with Crippen molar-refractivity contribution >= 4 is 5.69 Å². The van der Waals surface area contributed by atoms with E-state index in [0.717, 1.165) is 0 Å². The lowest BCUT2D eigenvalue weighted by Gasteiger charge is -2.31. The highest BCUT2D eigenvalue weighted by atomic mass is 35.7. The molecule has 1 aliphatic rings. The molecule has 114 valence electrons. The van der Waals surface area contributed by atoms with E-state index in [0.29, 0.717) is 6.04 Å². The molecule has 1 atom stereocenters. The second-order valence-corrected chi connectivity index (χ2v) is 6.30. The Morgan fingerprint density at radius 3 is 2.25 bits per heavy atom. The molecule has 1 N–H and O–H groups in total. The first kappa shape index (κ1) is 17.2. The Hall–Kier alpha value is -0.850. The van der Waals surface area contributed by atoms with Crippen LogP contribution in [0.15, 0.2) is 24.3 Å². The lowest BCUT2D eigenvalue weighted by Crippen LogP contribution is -2.58. The van der Waals surface area contributed by atoms with Gasteiger partial charge in [-0.25, -0.2) is 0 Å². The van der Waals surface area contributed by atoms with E-state index in [1.54, 1.807) is 0 Å². The highest BCUT2D eigenvalue weighted by molar-refractivity contribution is 5.63. The molecule has 20 heavy (non-hydrogen) atoms. The van der Waals surface area contributed by atoms with Crippen molar-refractivity contribution in [2.75, 3.05) is 11.4 Å². The molecule has 2 rings (SSSR count). The number of benzene rings is 1. The maximum absolute atomic E-state index is 8.60. The number of hydrogen-bond acceptors (Lipinski definition) is 5. The zero-order chi connectivity index (χ0) is 15.6. The summed E-state index contributed by atoms with van der Waals surface area (Å²) in [5, 5.41) is 0. The Labute approximate surface area is 122 Å². The molecular weight excluding hydrogens is 282 g/mol. The second kappa shape index (κ2) is 6.28. The number of para-hydroxylation sites is 1. The minimum Gasteiger partial charge on any atom is -0.368 e. The predicted octanol–water partition coefficient (Wildman–Crippen LogP) is -0.541. The zero-order valence-electron chi connectivity index (χ0n) is 12.3. The predicted molar refractivity (Wildman–Crippen MR) is 68.8 cm³/mol. The SMILES string of the molecule is CCCN1c2ccccc2C(C)(C)C1C.[O-][Cl+3]([O-])([O-])O. The molecule has 0 spiro atoms. The number of anilines is 1. The van der Waals surface area contributed by atoms with Crippen molar-refractivity contribution in [2.45, 2.75) is 45.6 Å². The molecular formula is C14H22ClNO4. The van der Waals surface area contributed by atoms with Crippen molar-refractivity contribution in [1.82, 2.24) is 0 Å². The lowest BCUT2D eigenvalue weighted by atomic mass is 9.81. The molecule has 0 bridgehead atoms. The summed E-state index contributed by atoms with van der Waals surface area (Å²) < 4.78 is 32.7. The van der Waals surface area contributed by atoms with Gasteiger partial charge in [-0.05, 0) is 25.0 Å². The summed E-state index contributed by atoms with van der Waals surface area (Å²) in [4.78, 5) is 2.55. The molecule has 6 heteroatoms. The van der Waals surface area contributed by atoms with Gasteiger partial charge in [-0.15, -0.1) is 0 Å². The molecule has 0 amide bonds. The average Bonchev–Trinajstić information content (AvgIpc) is 2.50. The van der Waals surface area contributed by atoms with Crippen molar-refractivity contribution in [1.29, 1.82) is 0 Å². The number of fused-ring (bicyclic) bond motifs is 1. The quantitative estimate of drug-likeness (QED) is 0.792. The largest absolute Gasteiger partial charge is 0.368 e. The van der Waals surface area contributed by atoms with Crippen LogP contribution in [0.25, 0.3) is 0 Å². The molecule has 0 saturated heterocycles. The van der Waals surface area contributed by atoms with Gasteiger partial charge in [0.05, 0.1) is 14.9 Å². The Bertz CT molecular complexity index is 439. The minimum atomic E-state index is -4.69. The van der Waals surface area contributed by atoms with Gasteiger partial charge in [0.1, 0.15) is 0 Å². The van der Waals surface area contributed by atoms with E-state index in [1.165, 1.54) is 24.2 Å². The standard InChI is InChI=1S/C14H21N.ClHO4/c1-5-10-15-11(2)14(3,4)12-8-6-7-9-13(12)15;2-1(3,4)5/h6-9,11H,5,10H2,1-4H3;(H,2,3,4,5). The average molecular weight is 304 g/mol. The summed E-state index contributed by atoms with van der Waals surface area (Å²) in [6.45, 7) is 10.5. The highest BCUT2D eigenvalue weighted by Crippen LogP contribution is 2.44. The van der Waals surface area contributed by atoms with E-state index >= 15 is 0 Å². The minimum absolute atomic E-state index is 0.283. The number of rotatable bonds is 2. The molecule has 1 aromatic rings. The number of hydrogen-bond donors (Lipinski definition) is 1. The fourth-order valence-electron chi connectivity index (χ4n) is 2.65. The highest BCUT2D eigenvalue weighted by Gasteiger charge is 2.40. The second-order valence-electron chi connectivity index (χ2n) is 5.50. The lowest BCUT2D eigenvalue weighted by molar-refractivity contribution is -1.92. The van der Waals surface area contributed by atoms with Crippen molar-refractivity contribution in [3.8, 4) is 0 Å². The molecule has 0 aliphatic carbocycles. The molecule has 1 unspecified atom stereocenters. The van der Waals surface area contributed by atoms with E-state index in [4.69, 9.17) is 18.6 Å². The number of nitrogens with zero attached hydrogens (tertiary/aromatic N) is 1. The van der Waals surface area contributed by atoms with Crippen LogP contribution in [0.3, 0.4) is 0 Å². The van der Waals surface area contributed by atoms with Crippen molar-refractivity contribution < 1.29 is 28.9 Å². The molecule has 0 aromatic heterocycles. The fourth-order valence-corrected chi connectivity index (χ4v) is 2.65. The van der Waals surface area contributed by atoms with E-state index in [1.807, 2.05) is 0 Å². The van der Waals surface area contributed by atoms with Crippen LogP contribution in [0.2, 0.25) is 0 Å². The van der Waals surface area contributed by atoms with Crippen molar-refractivity contribution in [2.24, 2.45) is 0 Å². The summed E-state index contributed by atoms with van der Waals surface area (Å²) >= 11 is 0. The van der Waals surface area contributed by atoms with Crippen LogP contribution >= 0.6 is 0 Å². The van der Waals surface area contributed by atoms with Crippen molar-refractivity contribution in [3.05, 3.63) is 29.8 Å². The first-order valence-corrected chi connectivity index (χ1v) is 7.84. The van der Waals surface area contributed by atoms with Gasteiger partial charge in [0, 0.05) is 23.7 Å². The summed E-state index contributed by atoms with van der Waals surface area (Å²) in [7, 11) is -4.69. The third-order valence-electron chi connectivity index (χ3n) is 3.88. The smallest absolute Gasteiger partial charge is 0.0777 e. The van der Waals surface area contributed by atoms with Crippen LogP contribution < -0.4 is 18.9 Å². The van der Waals surface area contributed by atoms with E-state index in [2.05, 4.69) is 56.9 Å². The van der Waals surface area contributed by atoms with E-state index < -0.39 is 10.2 Å². The summed E-state index contributed by atoms with van der Waals surface area (Å²) in [6.07, 6.45) is 1.22. The third-order valence-corrected chi connectivity index (χ3v) is 3.88. The van der Waals surface area contributed by atoms with Gasteiger partial charge in [0.15, 0.2) is 0 Å². The van der Waals surface area contributed by atoms with Crippen LogP contribution in [0.5, 0.6) is 0 Å². The monoisotopic (exact) mass is 303 g/mol. The van der Waals surface area contributed by atoms with Gasteiger partial charge in [0.2, 0.25) is 0 Å². The third kappa shape index (κ3) is 4.07. The molecule has 1 aliphatic heterocycles. The molecule has 5 nitrogen and oxygen atoms in total. The van der Waals surface area contributed by atoms with Gasteiger partial charge in [-0.3, -0.25) is 0 Å². The zero-order valence-corrected chi connectivity index (χ0v) is 13.1. The molecule has 0 saturated carbocycles.